The molecule has 0 N–H and O–H groups in total. The number of rotatable bonds is 3. The normalized spacial score (nSPS) is 17.2. The third-order valence-electron chi connectivity index (χ3n) is 3.48. The van der Waals surface area contributed by atoms with Gasteiger partial charge in [0.15, 0.2) is 0 Å². The van der Waals surface area contributed by atoms with Gasteiger partial charge in [-0.25, -0.2) is 0 Å². The smallest absolute Gasteiger partial charge is 0.312 e. The lowest BCUT2D eigenvalue weighted by Crippen LogP contribution is -2.45. The van der Waals surface area contributed by atoms with Crippen LogP contribution in [0.3, 0.4) is 0 Å². The average molecular weight is 231 g/mol. The SMILES string of the molecule is Cc1ccc(CN2CCN([C]=O)CC2)cc1C. The van der Waals surface area contributed by atoms with Crippen LogP contribution in [0.2, 0.25) is 0 Å². The number of nitrogens with zero attached hydrogens (tertiary/aromatic N) is 2. The van der Waals surface area contributed by atoms with E-state index in [9.17, 15) is 4.79 Å². The Morgan fingerprint density at radius 1 is 1.12 bits per heavy atom. The summed E-state index contributed by atoms with van der Waals surface area (Å²) in [7, 11) is 0. The Bertz CT molecular complexity index is 395. The van der Waals surface area contributed by atoms with Crippen LogP contribution in [0.25, 0.3) is 0 Å². The summed E-state index contributed by atoms with van der Waals surface area (Å²) in [5.41, 5.74) is 4.05. The van der Waals surface area contributed by atoms with Crippen LogP contribution in [0, 0.1) is 13.8 Å². The Morgan fingerprint density at radius 3 is 2.41 bits per heavy atom. The highest BCUT2D eigenvalue weighted by molar-refractivity contribution is 5.48. The van der Waals surface area contributed by atoms with E-state index in [1.54, 1.807) is 4.90 Å². The summed E-state index contributed by atoms with van der Waals surface area (Å²) in [6, 6.07) is 6.63. The molecule has 1 aromatic carbocycles. The summed E-state index contributed by atoms with van der Waals surface area (Å²) in [4.78, 5) is 14.6. The van der Waals surface area contributed by atoms with Crippen molar-refractivity contribution >= 4 is 6.41 Å². The lowest BCUT2D eigenvalue weighted by atomic mass is 10.1. The van der Waals surface area contributed by atoms with Crippen molar-refractivity contribution in [2.45, 2.75) is 20.4 Å². The van der Waals surface area contributed by atoms with E-state index >= 15 is 0 Å². The molecule has 1 heterocycles. The van der Waals surface area contributed by atoms with Gasteiger partial charge in [0.1, 0.15) is 0 Å². The molecule has 1 aliphatic heterocycles. The van der Waals surface area contributed by atoms with Crippen molar-refractivity contribution in [3.63, 3.8) is 0 Å². The molecule has 0 atom stereocenters. The quantitative estimate of drug-likeness (QED) is 0.787. The first-order chi connectivity index (χ1) is 8.19. The highest BCUT2D eigenvalue weighted by atomic mass is 16.1. The molecule has 1 radical (unpaired) electrons. The van der Waals surface area contributed by atoms with Gasteiger partial charge in [0.05, 0.1) is 0 Å². The van der Waals surface area contributed by atoms with Gasteiger partial charge in [0.2, 0.25) is 0 Å². The molecule has 0 unspecified atom stereocenters. The Morgan fingerprint density at radius 2 is 1.82 bits per heavy atom. The van der Waals surface area contributed by atoms with E-state index in [0.717, 1.165) is 32.7 Å². The number of benzene rings is 1. The van der Waals surface area contributed by atoms with E-state index in [1.807, 2.05) is 6.41 Å². The van der Waals surface area contributed by atoms with Crippen LogP contribution < -0.4 is 0 Å². The summed E-state index contributed by atoms with van der Waals surface area (Å²) in [6.45, 7) is 8.76. The highest BCUT2D eigenvalue weighted by Gasteiger charge is 2.15. The first-order valence-electron chi connectivity index (χ1n) is 6.10. The maximum Gasteiger partial charge on any atom is 0.312 e. The van der Waals surface area contributed by atoms with Gasteiger partial charge in [0, 0.05) is 32.7 Å². The van der Waals surface area contributed by atoms with Crippen LogP contribution in [0.1, 0.15) is 16.7 Å². The summed E-state index contributed by atoms with van der Waals surface area (Å²) < 4.78 is 0. The van der Waals surface area contributed by atoms with Crippen molar-refractivity contribution in [1.82, 2.24) is 9.80 Å². The van der Waals surface area contributed by atoms with Crippen LogP contribution in [0.15, 0.2) is 18.2 Å². The molecular formula is C14H19N2O. The zero-order chi connectivity index (χ0) is 12.3. The Balaban J connectivity index is 1.93. The van der Waals surface area contributed by atoms with Crippen LogP contribution in [0.4, 0.5) is 0 Å². The van der Waals surface area contributed by atoms with E-state index in [2.05, 4.69) is 36.9 Å². The minimum atomic E-state index is 0.800. The van der Waals surface area contributed by atoms with Crippen molar-refractivity contribution in [3.05, 3.63) is 34.9 Å². The molecule has 0 aliphatic carbocycles. The van der Waals surface area contributed by atoms with Gasteiger partial charge in [-0.05, 0) is 30.5 Å². The van der Waals surface area contributed by atoms with Gasteiger partial charge < -0.3 is 4.90 Å². The fraction of sp³-hybridized carbons (Fsp3) is 0.500. The van der Waals surface area contributed by atoms with Crippen molar-refractivity contribution < 1.29 is 4.79 Å². The molecule has 17 heavy (non-hydrogen) atoms. The topological polar surface area (TPSA) is 23.6 Å². The molecule has 0 aromatic heterocycles. The predicted octanol–water partition coefficient (Wildman–Crippen LogP) is 1.49. The molecular weight excluding hydrogens is 212 g/mol. The fourth-order valence-electron chi connectivity index (χ4n) is 2.16. The lowest BCUT2D eigenvalue weighted by Gasteiger charge is -2.32. The minimum Gasteiger partial charge on any atom is -0.332 e. The molecule has 0 saturated carbocycles. The monoisotopic (exact) mass is 231 g/mol. The minimum absolute atomic E-state index is 0.800. The number of hydrogen-bond acceptors (Lipinski definition) is 2. The third kappa shape index (κ3) is 3.07. The predicted molar refractivity (Wildman–Crippen MR) is 68.5 cm³/mol. The second kappa shape index (κ2) is 5.32. The number of piperazine rings is 1. The Labute approximate surface area is 103 Å². The molecule has 91 valence electrons. The van der Waals surface area contributed by atoms with Crippen molar-refractivity contribution in [1.29, 1.82) is 0 Å². The number of amides is 1. The van der Waals surface area contributed by atoms with Gasteiger partial charge >= 0.3 is 6.41 Å². The molecule has 1 saturated heterocycles. The summed E-state index contributed by atoms with van der Waals surface area (Å²) in [6.07, 6.45) is 1.96. The summed E-state index contributed by atoms with van der Waals surface area (Å²) in [5.74, 6) is 0. The van der Waals surface area contributed by atoms with Gasteiger partial charge in [-0.2, -0.15) is 0 Å². The molecule has 0 bridgehead atoms. The maximum absolute atomic E-state index is 10.5. The molecule has 0 spiro atoms. The van der Waals surface area contributed by atoms with Gasteiger partial charge in [-0.1, -0.05) is 18.2 Å². The number of hydrogen-bond donors (Lipinski definition) is 0. The van der Waals surface area contributed by atoms with Crippen LogP contribution in [-0.2, 0) is 11.3 Å². The fourth-order valence-corrected chi connectivity index (χ4v) is 2.16. The van der Waals surface area contributed by atoms with Crippen LogP contribution in [0.5, 0.6) is 0 Å². The zero-order valence-corrected chi connectivity index (χ0v) is 10.6. The van der Waals surface area contributed by atoms with E-state index in [-0.39, 0.29) is 0 Å². The first kappa shape index (κ1) is 12.1. The molecule has 1 aromatic rings. The standard InChI is InChI=1S/C14H19N2O/c1-12-3-4-14(9-13(12)2)10-15-5-7-16(11-17)8-6-15/h3-4,9H,5-8,10H2,1-2H3. The Hall–Kier alpha value is -1.35. The largest absolute Gasteiger partial charge is 0.332 e. The van der Waals surface area contributed by atoms with E-state index in [4.69, 9.17) is 0 Å². The van der Waals surface area contributed by atoms with Crippen molar-refractivity contribution in [2.75, 3.05) is 26.2 Å². The molecule has 3 nitrogen and oxygen atoms in total. The highest BCUT2D eigenvalue weighted by Crippen LogP contribution is 2.13. The van der Waals surface area contributed by atoms with Crippen molar-refractivity contribution in [3.8, 4) is 0 Å². The molecule has 3 heteroatoms. The van der Waals surface area contributed by atoms with Crippen LogP contribution in [-0.4, -0.2) is 42.4 Å². The molecule has 1 amide bonds. The maximum atomic E-state index is 10.5. The summed E-state index contributed by atoms with van der Waals surface area (Å²) >= 11 is 0. The van der Waals surface area contributed by atoms with Crippen molar-refractivity contribution in [2.24, 2.45) is 0 Å². The van der Waals surface area contributed by atoms with E-state index < -0.39 is 0 Å². The van der Waals surface area contributed by atoms with Gasteiger partial charge in [-0.15, -0.1) is 0 Å². The Kier molecular flexibility index (Phi) is 3.79. The first-order valence-corrected chi connectivity index (χ1v) is 6.10. The third-order valence-corrected chi connectivity index (χ3v) is 3.48. The van der Waals surface area contributed by atoms with Crippen LogP contribution >= 0.6 is 0 Å². The molecule has 2 rings (SSSR count). The van der Waals surface area contributed by atoms with Gasteiger partial charge in [0.25, 0.3) is 0 Å². The van der Waals surface area contributed by atoms with Gasteiger partial charge in [-0.3, -0.25) is 9.69 Å². The lowest BCUT2D eigenvalue weighted by molar-refractivity contribution is 0.172. The zero-order valence-electron chi connectivity index (χ0n) is 10.6. The summed E-state index contributed by atoms with van der Waals surface area (Å²) in [5, 5.41) is 0. The van der Waals surface area contributed by atoms with E-state index in [0.29, 0.717) is 0 Å². The second-order valence-corrected chi connectivity index (χ2v) is 4.77. The second-order valence-electron chi connectivity index (χ2n) is 4.77. The number of aryl methyl sites for hydroxylation is 2. The average Bonchev–Trinajstić information content (AvgIpc) is 2.35. The number of carbonyl (C=O) groups excluding carboxylic acids is 1. The van der Waals surface area contributed by atoms with E-state index in [1.165, 1.54) is 16.7 Å². The molecule has 1 aliphatic rings. The molecule has 1 fully saturated rings.